The van der Waals surface area contributed by atoms with Crippen molar-refractivity contribution in [2.24, 2.45) is 15.7 Å². The van der Waals surface area contributed by atoms with Crippen LogP contribution < -0.4 is 16.4 Å². The summed E-state index contributed by atoms with van der Waals surface area (Å²) in [7, 11) is 0. The van der Waals surface area contributed by atoms with Crippen molar-refractivity contribution < 1.29 is 0 Å². The molecule has 0 bridgehead atoms. The summed E-state index contributed by atoms with van der Waals surface area (Å²) in [6, 6.07) is 7.55. The molecule has 1 heterocycles. The first-order valence-corrected chi connectivity index (χ1v) is 3.99. The van der Waals surface area contributed by atoms with E-state index in [1.807, 2.05) is 24.3 Å². The average Bonchev–Trinajstić information content (AvgIpc) is 2.07. The average molecular weight is 177 g/mol. The van der Waals surface area contributed by atoms with Crippen molar-refractivity contribution in [2.45, 2.75) is 6.17 Å². The lowest BCUT2D eigenvalue weighted by Crippen LogP contribution is -2.39. The molecule has 3 nitrogen and oxygen atoms in total. The minimum absolute atomic E-state index is 0.449. The molecule has 1 aliphatic rings. The predicted molar refractivity (Wildman–Crippen MR) is 49.3 cm³/mol. The molecule has 0 aromatic heterocycles. The molecule has 1 atom stereocenters. The first kappa shape index (κ1) is 7.52. The Kier molecular flexibility index (Phi) is 1.71. The molecule has 1 aliphatic heterocycles. The molecule has 1 aromatic rings. The second-order valence-electron chi connectivity index (χ2n) is 2.51. The fourth-order valence-corrected chi connectivity index (χ4v) is 1.21. The van der Waals surface area contributed by atoms with Gasteiger partial charge in [0.05, 0.1) is 10.7 Å². The van der Waals surface area contributed by atoms with Gasteiger partial charge in [-0.3, -0.25) is 4.99 Å². The second kappa shape index (κ2) is 2.73. The number of hydrogen-bond donors (Lipinski definition) is 1. The number of thiocarbonyl (C=S) groups is 1. The Morgan fingerprint density at radius 3 is 2.67 bits per heavy atom. The van der Waals surface area contributed by atoms with Crippen LogP contribution in [-0.2, 0) is 0 Å². The maximum atomic E-state index is 5.59. The highest BCUT2D eigenvalue weighted by Gasteiger charge is 2.08. The Hall–Kier alpha value is -1.13. The SMILES string of the molecule is NC1N=c2ccccc2=NC1=S. The van der Waals surface area contributed by atoms with Gasteiger partial charge in [-0.2, -0.15) is 0 Å². The lowest BCUT2D eigenvalue weighted by molar-refractivity contribution is 0.860. The highest BCUT2D eigenvalue weighted by atomic mass is 32.1. The fourth-order valence-electron chi connectivity index (χ4n) is 1.06. The molecule has 0 radical (unpaired) electrons. The van der Waals surface area contributed by atoms with Crippen LogP contribution in [-0.4, -0.2) is 11.2 Å². The zero-order chi connectivity index (χ0) is 8.55. The van der Waals surface area contributed by atoms with Crippen molar-refractivity contribution in [2.75, 3.05) is 0 Å². The van der Waals surface area contributed by atoms with Gasteiger partial charge in [0.15, 0.2) is 6.17 Å². The molecule has 0 saturated carbocycles. The Bertz CT molecular complexity index is 438. The number of hydrogen-bond acceptors (Lipinski definition) is 3. The number of benzene rings is 1. The van der Waals surface area contributed by atoms with Gasteiger partial charge in [0, 0.05) is 0 Å². The Balaban J connectivity index is 2.79. The molecule has 1 aromatic carbocycles. The summed E-state index contributed by atoms with van der Waals surface area (Å²) in [4.78, 5) is 8.76. The van der Waals surface area contributed by atoms with Crippen LogP contribution in [0.1, 0.15) is 0 Å². The van der Waals surface area contributed by atoms with Crippen LogP contribution in [0.4, 0.5) is 0 Å². The van der Waals surface area contributed by atoms with Crippen LogP contribution in [0, 0.1) is 0 Å². The zero-order valence-electron chi connectivity index (χ0n) is 6.27. The first-order chi connectivity index (χ1) is 5.77. The van der Waals surface area contributed by atoms with E-state index >= 15 is 0 Å². The summed E-state index contributed by atoms with van der Waals surface area (Å²) in [5.41, 5.74) is 5.59. The zero-order valence-corrected chi connectivity index (χ0v) is 7.08. The smallest absolute Gasteiger partial charge is 0.151 e. The van der Waals surface area contributed by atoms with Gasteiger partial charge in [-0.25, -0.2) is 4.99 Å². The molecule has 0 amide bonds. The van der Waals surface area contributed by atoms with Gasteiger partial charge in [-0.1, -0.05) is 24.4 Å². The van der Waals surface area contributed by atoms with Gasteiger partial charge in [0.25, 0.3) is 0 Å². The third-order valence-corrected chi connectivity index (χ3v) is 1.98. The lowest BCUT2D eigenvalue weighted by Gasteiger charge is -2.07. The topological polar surface area (TPSA) is 50.7 Å². The summed E-state index contributed by atoms with van der Waals surface area (Å²) in [5.74, 6) is 0. The third kappa shape index (κ3) is 1.15. The summed E-state index contributed by atoms with van der Waals surface area (Å²) in [5, 5.41) is 1.63. The summed E-state index contributed by atoms with van der Waals surface area (Å²) in [6.07, 6.45) is -0.449. The Labute approximate surface area is 74.6 Å². The van der Waals surface area contributed by atoms with Crippen LogP contribution in [0.2, 0.25) is 0 Å². The minimum atomic E-state index is -0.449. The van der Waals surface area contributed by atoms with Crippen molar-refractivity contribution in [3.63, 3.8) is 0 Å². The Morgan fingerprint density at radius 2 is 1.92 bits per heavy atom. The van der Waals surface area contributed by atoms with Crippen LogP contribution in [0.3, 0.4) is 0 Å². The van der Waals surface area contributed by atoms with E-state index in [1.165, 1.54) is 0 Å². The van der Waals surface area contributed by atoms with Crippen molar-refractivity contribution in [1.29, 1.82) is 0 Å². The molecule has 2 rings (SSSR count). The monoisotopic (exact) mass is 177 g/mol. The standard InChI is InChI=1S/C8H7N3S/c9-7-8(12)11-6-4-2-1-3-5(6)10-7/h1-4,7H,9H2. The molecule has 0 spiro atoms. The van der Waals surface area contributed by atoms with E-state index in [0.717, 1.165) is 10.7 Å². The van der Waals surface area contributed by atoms with E-state index in [0.29, 0.717) is 4.99 Å². The van der Waals surface area contributed by atoms with Gasteiger partial charge < -0.3 is 5.73 Å². The van der Waals surface area contributed by atoms with Gasteiger partial charge in [0.1, 0.15) is 4.99 Å². The van der Waals surface area contributed by atoms with Crippen LogP contribution in [0.5, 0.6) is 0 Å². The number of nitrogens with two attached hydrogens (primary N) is 1. The highest BCUT2D eigenvalue weighted by molar-refractivity contribution is 7.80. The van der Waals surface area contributed by atoms with Crippen LogP contribution in [0.25, 0.3) is 0 Å². The van der Waals surface area contributed by atoms with E-state index in [-0.39, 0.29) is 0 Å². The number of fused-ring (bicyclic) bond motifs is 1. The second-order valence-corrected chi connectivity index (χ2v) is 2.93. The fraction of sp³-hybridized carbons (Fsp3) is 0.125. The maximum absolute atomic E-state index is 5.59. The maximum Gasteiger partial charge on any atom is 0.151 e. The summed E-state index contributed by atoms with van der Waals surface area (Å²) < 4.78 is 0. The van der Waals surface area contributed by atoms with Crippen LogP contribution >= 0.6 is 12.2 Å². The normalized spacial score (nSPS) is 20.8. The Morgan fingerprint density at radius 1 is 1.25 bits per heavy atom. The summed E-state index contributed by atoms with van der Waals surface area (Å²) >= 11 is 4.92. The van der Waals surface area contributed by atoms with E-state index in [9.17, 15) is 0 Å². The van der Waals surface area contributed by atoms with Crippen molar-refractivity contribution in [3.05, 3.63) is 35.0 Å². The molecule has 60 valence electrons. The van der Waals surface area contributed by atoms with Crippen molar-refractivity contribution >= 4 is 17.2 Å². The first-order valence-electron chi connectivity index (χ1n) is 3.58. The molecule has 0 saturated heterocycles. The lowest BCUT2D eigenvalue weighted by atomic mass is 10.3. The largest absolute Gasteiger partial charge is 0.304 e. The molecule has 0 aliphatic carbocycles. The van der Waals surface area contributed by atoms with E-state index in [1.54, 1.807) is 0 Å². The van der Waals surface area contributed by atoms with Gasteiger partial charge >= 0.3 is 0 Å². The van der Waals surface area contributed by atoms with Gasteiger partial charge in [-0.05, 0) is 12.1 Å². The molecule has 12 heavy (non-hydrogen) atoms. The van der Waals surface area contributed by atoms with E-state index < -0.39 is 6.17 Å². The number of para-hydroxylation sites is 2. The third-order valence-electron chi connectivity index (χ3n) is 1.64. The number of rotatable bonds is 0. The van der Waals surface area contributed by atoms with Gasteiger partial charge in [0.2, 0.25) is 0 Å². The molecular formula is C8H7N3S. The minimum Gasteiger partial charge on any atom is -0.304 e. The quantitative estimate of drug-likeness (QED) is 0.546. The highest BCUT2D eigenvalue weighted by Crippen LogP contribution is 1.90. The molecule has 0 fully saturated rings. The molecule has 2 N–H and O–H groups in total. The van der Waals surface area contributed by atoms with Crippen molar-refractivity contribution in [3.8, 4) is 0 Å². The van der Waals surface area contributed by atoms with E-state index in [4.69, 9.17) is 18.0 Å². The summed E-state index contributed by atoms with van der Waals surface area (Å²) in [6.45, 7) is 0. The van der Waals surface area contributed by atoms with E-state index in [2.05, 4.69) is 9.98 Å². The number of nitrogens with zero attached hydrogens (tertiary/aromatic N) is 2. The molecular weight excluding hydrogens is 170 g/mol. The predicted octanol–water partition coefficient (Wildman–Crippen LogP) is -0.448. The van der Waals surface area contributed by atoms with Crippen molar-refractivity contribution in [1.82, 2.24) is 0 Å². The van der Waals surface area contributed by atoms with Gasteiger partial charge in [-0.15, -0.1) is 0 Å². The van der Waals surface area contributed by atoms with Crippen LogP contribution in [0.15, 0.2) is 34.3 Å². The molecule has 4 heteroatoms. The molecule has 1 unspecified atom stereocenters.